The van der Waals surface area contributed by atoms with Crippen LogP contribution in [0.3, 0.4) is 0 Å². The van der Waals surface area contributed by atoms with Crippen molar-refractivity contribution in [3.05, 3.63) is 16.5 Å². The topological polar surface area (TPSA) is 95.5 Å². The fourth-order valence-electron chi connectivity index (χ4n) is 3.02. The third-order valence-corrected chi connectivity index (χ3v) is 4.91. The molecule has 0 bridgehead atoms. The highest BCUT2D eigenvalue weighted by Gasteiger charge is 2.36. The highest BCUT2D eigenvalue weighted by Crippen LogP contribution is 2.36. The van der Waals surface area contributed by atoms with Crippen molar-refractivity contribution in [3.63, 3.8) is 0 Å². The molecule has 25 heavy (non-hydrogen) atoms. The van der Waals surface area contributed by atoms with Crippen molar-refractivity contribution < 1.29 is 14.3 Å². The average Bonchev–Trinajstić information content (AvgIpc) is 2.79. The Morgan fingerprint density at radius 1 is 1.44 bits per heavy atom. The number of nitrogens with zero attached hydrogens (tertiary/aromatic N) is 4. The van der Waals surface area contributed by atoms with Crippen LogP contribution in [0.15, 0.2) is 10.8 Å². The molecule has 1 amide bonds. The normalized spacial score (nSPS) is 17.6. The molecule has 2 aromatic heterocycles. The van der Waals surface area contributed by atoms with E-state index in [0.29, 0.717) is 25.5 Å². The number of hydrogen-bond acceptors (Lipinski definition) is 6. The van der Waals surface area contributed by atoms with Gasteiger partial charge in [-0.25, -0.2) is 14.8 Å². The molecule has 9 heteroatoms. The summed E-state index contributed by atoms with van der Waals surface area (Å²) in [6.45, 7) is 6.87. The number of amides is 1. The van der Waals surface area contributed by atoms with Gasteiger partial charge in [-0.05, 0) is 36.7 Å². The van der Waals surface area contributed by atoms with Gasteiger partial charge in [0.2, 0.25) is 0 Å². The van der Waals surface area contributed by atoms with Crippen molar-refractivity contribution in [2.45, 2.75) is 45.5 Å². The van der Waals surface area contributed by atoms with Crippen molar-refractivity contribution in [2.24, 2.45) is 0 Å². The Morgan fingerprint density at radius 2 is 2.16 bits per heavy atom. The largest absolute Gasteiger partial charge is 0.444 e. The van der Waals surface area contributed by atoms with Gasteiger partial charge in [0.15, 0.2) is 0 Å². The third kappa shape index (κ3) is 3.30. The van der Waals surface area contributed by atoms with Gasteiger partial charge in [-0.3, -0.25) is 4.90 Å². The second-order valence-electron chi connectivity index (χ2n) is 7.05. The maximum atomic E-state index is 12.7. The first kappa shape index (κ1) is 17.9. The standard InChI is InChI=1S/C16H22BrN5O3/c1-16(2,3)25-15(23)21-6-10-12(17)11-13(18)19-8-20-14(11)22(10)5-9(21)7-24-4/h8-9H,5-7H2,1-4H3,(H2,18,19,20). The fraction of sp³-hybridized carbons (Fsp3) is 0.562. The summed E-state index contributed by atoms with van der Waals surface area (Å²) in [5, 5.41) is 0.764. The molecule has 0 radical (unpaired) electrons. The minimum Gasteiger partial charge on any atom is -0.444 e. The number of aromatic nitrogens is 3. The fourth-order valence-corrected chi connectivity index (χ4v) is 3.74. The van der Waals surface area contributed by atoms with Crippen molar-refractivity contribution in [2.75, 3.05) is 19.5 Å². The highest BCUT2D eigenvalue weighted by molar-refractivity contribution is 9.10. The number of ether oxygens (including phenoxy) is 2. The van der Waals surface area contributed by atoms with Gasteiger partial charge in [0.1, 0.15) is 23.4 Å². The van der Waals surface area contributed by atoms with E-state index in [1.165, 1.54) is 6.33 Å². The van der Waals surface area contributed by atoms with E-state index in [4.69, 9.17) is 15.2 Å². The molecular weight excluding hydrogens is 390 g/mol. The molecule has 0 saturated heterocycles. The number of carbonyl (C=O) groups excluding carboxylic acids is 1. The Morgan fingerprint density at radius 3 is 2.80 bits per heavy atom. The van der Waals surface area contributed by atoms with Crippen LogP contribution in [-0.2, 0) is 22.6 Å². The van der Waals surface area contributed by atoms with Crippen molar-refractivity contribution >= 4 is 38.9 Å². The zero-order valence-corrected chi connectivity index (χ0v) is 16.3. The lowest BCUT2D eigenvalue weighted by atomic mass is 10.2. The molecule has 2 N–H and O–H groups in total. The van der Waals surface area contributed by atoms with Crippen LogP contribution in [0.25, 0.3) is 11.0 Å². The monoisotopic (exact) mass is 411 g/mol. The summed E-state index contributed by atoms with van der Waals surface area (Å²) in [5.74, 6) is 0.408. The number of anilines is 1. The Kier molecular flexibility index (Phi) is 4.63. The predicted molar refractivity (Wildman–Crippen MR) is 97.1 cm³/mol. The Bertz CT molecular complexity index is 814. The van der Waals surface area contributed by atoms with E-state index in [1.807, 2.05) is 20.8 Å². The summed E-state index contributed by atoms with van der Waals surface area (Å²) in [7, 11) is 1.62. The van der Waals surface area contributed by atoms with Crippen molar-refractivity contribution in [1.82, 2.24) is 19.4 Å². The molecule has 8 nitrogen and oxygen atoms in total. The van der Waals surface area contributed by atoms with Gasteiger partial charge in [0, 0.05) is 13.7 Å². The molecule has 0 fully saturated rings. The van der Waals surface area contributed by atoms with Crippen molar-refractivity contribution in [3.8, 4) is 0 Å². The smallest absolute Gasteiger partial charge is 0.411 e. The molecule has 2 aromatic rings. The van der Waals surface area contributed by atoms with E-state index >= 15 is 0 Å². The summed E-state index contributed by atoms with van der Waals surface area (Å²) >= 11 is 3.59. The van der Waals surface area contributed by atoms with E-state index in [0.717, 1.165) is 21.2 Å². The molecule has 1 atom stereocenters. The summed E-state index contributed by atoms with van der Waals surface area (Å²) in [5.41, 5.74) is 7.12. The number of halogens is 1. The van der Waals surface area contributed by atoms with Crippen LogP contribution >= 0.6 is 15.9 Å². The molecule has 3 heterocycles. The molecule has 1 aliphatic heterocycles. The number of nitrogen functional groups attached to an aromatic ring is 1. The Labute approximate surface area is 154 Å². The van der Waals surface area contributed by atoms with Crippen LogP contribution in [0.4, 0.5) is 10.6 Å². The maximum absolute atomic E-state index is 12.7. The highest BCUT2D eigenvalue weighted by atomic mass is 79.9. The van der Waals surface area contributed by atoms with Gasteiger partial charge in [0.05, 0.1) is 34.7 Å². The Balaban J connectivity index is 2.04. The van der Waals surface area contributed by atoms with E-state index in [2.05, 4.69) is 30.5 Å². The number of hydrogen-bond donors (Lipinski definition) is 1. The van der Waals surface area contributed by atoms with E-state index in [9.17, 15) is 4.79 Å². The lowest BCUT2D eigenvalue weighted by Crippen LogP contribution is -2.50. The molecule has 0 aliphatic carbocycles. The summed E-state index contributed by atoms with van der Waals surface area (Å²) in [6.07, 6.45) is 1.08. The first-order valence-electron chi connectivity index (χ1n) is 7.98. The number of carbonyl (C=O) groups is 1. The van der Waals surface area contributed by atoms with Crippen molar-refractivity contribution in [1.29, 1.82) is 0 Å². The first-order chi connectivity index (χ1) is 11.7. The molecule has 1 unspecified atom stereocenters. The molecule has 0 saturated carbocycles. The molecule has 1 aliphatic rings. The number of fused-ring (bicyclic) bond motifs is 3. The second kappa shape index (κ2) is 6.45. The maximum Gasteiger partial charge on any atom is 0.411 e. The lowest BCUT2D eigenvalue weighted by molar-refractivity contribution is -0.00485. The van der Waals surface area contributed by atoms with Crippen LogP contribution in [0.1, 0.15) is 26.5 Å². The zero-order valence-electron chi connectivity index (χ0n) is 14.7. The van der Waals surface area contributed by atoms with Gasteiger partial charge < -0.3 is 19.8 Å². The molecule has 0 aromatic carbocycles. The van der Waals surface area contributed by atoms with Crippen LogP contribution < -0.4 is 5.73 Å². The van der Waals surface area contributed by atoms with Gasteiger partial charge in [-0.2, -0.15) is 0 Å². The van der Waals surface area contributed by atoms with Crippen LogP contribution in [-0.4, -0.2) is 50.9 Å². The predicted octanol–water partition coefficient (Wildman–Crippen LogP) is 2.54. The van der Waals surface area contributed by atoms with E-state index in [1.54, 1.807) is 12.0 Å². The number of nitrogens with two attached hydrogens (primary N) is 1. The third-order valence-electron chi connectivity index (χ3n) is 4.05. The molecule has 136 valence electrons. The van der Waals surface area contributed by atoms with E-state index < -0.39 is 5.60 Å². The van der Waals surface area contributed by atoms with Gasteiger partial charge in [0.25, 0.3) is 0 Å². The van der Waals surface area contributed by atoms with Gasteiger partial charge in [-0.15, -0.1) is 0 Å². The number of methoxy groups -OCH3 is 1. The minimum atomic E-state index is -0.563. The molecule has 0 spiro atoms. The van der Waals surface area contributed by atoms with Gasteiger partial charge >= 0.3 is 6.09 Å². The van der Waals surface area contributed by atoms with Crippen LogP contribution in [0.2, 0.25) is 0 Å². The first-order valence-corrected chi connectivity index (χ1v) is 8.78. The Hall–Kier alpha value is -1.87. The lowest BCUT2D eigenvalue weighted by Gasteiger charge is -2.37. The molecule has 3 rings (SSSR count). The molecular formula is C16H22BrN5O3. The summed E-state index contributed by atoms with van der Waals surface area (Å²) in [6, 6.07) is -0.161. The number of rotatable bonds is 2. The summed E-state index contributed by atoms with van der Waals surface area (Å²) < 4.78 is 13.7. The van der Waals surface area contributed by atoms with Gasteiger partial charge in [-0.1, -0.05) is 0 Å². The zero-order chi connectivity index (χ0) is 18.4. The van der Waals surface area contributed by atoms with Crippen LogP contribution in [0.5, 0.6) is 0 Å². The minimum absolute atomic E-state index is 0.161. The van der Waals surface area contributed by atoms with E-state index in [-0.39, 0.29) is 12.1 Å². The second-order valence-corrected chi connectivity index (χ2v) is 7.84. The van der Waals surface area contributed by atoms with Crippen LogP contribution in [0, 0.1) is 0 Å². The quantitative estimate of drug-likeness (QED) is 0.815. The summed E-state index contributed by atoms with van der Waals surface area (Å²) in [4.78, 5) is 22.8. The SMILES string of the molecule is COCC1Cn2c(c(Br)c3c(N)ncnc32)CN1C(=O)OC(C)(C)C. The average molecular weight is 412 g/mol.